The van der Waals surface area contributed by atoms with Gasteiger partial charge in [-0.2, -0.15) is 0 Å². The number of hydrogen-bond acceptors (Lipinski definition) is 0. The van der Waals surface area contributed by atoms with Crippen LogP contribution < -0.4 is 0 Å². The van der Waals surface area contributed by atoms with Crippen molar-refractivity contribution in [3.8, 4) is 0 Å². The number of hydrogen-bond donors (Lipinski definition) is 0. The van der Waals surface area contributed by atoms with Crippen molar-refractivity contribution < 1.29 is 0 Å². The molecule has 0 nitrogen and oxygen atoms in total. The molecule has 0 saturated carbocycles. The first-order chi connectivity index (χ1) is 5.74. The zero-order valence-corrected chi connectivity index (χ0v) is 8.04. The topological polar surface area (TPSA) is 0 Å². The maximum atomic E-state index is 2.21. The molecule has 0 amide bonds. The van der Waals surface area contributed by atoms with Crippen molar-refractivity contribution in [3.63, 3.8) is 0 Å². The fraction of sp³-hybridized carbons (Fsp3) is 0.333. The van der Waals surface area contributed by atoms with Gasteiger partial charge in [0, 0.05) is 0 Å². The van der Waals surface area contributed by atoms with E-state index in [4.69, 9.17) is 0 Å². The fourth-order valence-electron chi connectivity index (χ4n) is 1.18. The van der Waals surface area contributed by atoms with E-state index in [1.807, 2.05) is 6.92 Å². The van der Waals surface area contributed by atoms with Crippen LogP contribution in [0.2, 0.25) is 0 Å². The Morgan fingerprint density at radius 3 is 2.08 bits per heavy atom. The Kier molecular flexibility index (Phi) is 3.09. The van der Waals surface area contributed by atoms with Gasteiger partial charge in [0.2, 0.25) is 0 Å². The molecule has 1 rings (SSSR count). The Morgan fingerprint density at radius 2 is 1.67 bits per heavy atom. The minimum Gasteiger partial charge on any atom is -0.0871 e. The monoisotopic (exact) mass is 160 g/mol. The summed E-state index contributed by atoms with van der Waals surface area (Å²) in [4.78, 5) is 0. The molecule has 0 N–H and O–H groups in total. The fourth-order valence-corrected chi connectivity index (χ4v) is 1.18. The van der Waals surface area contributed by atoms with Crippen molar-refractivity contribution in [1.29, 1.82) is 0 Å². The lowest BCUT2D eigenvalue weighted by atomic mass is 10.0. The molecule has 1 aromatic rings. The second kappa shape index (κ2) is 4.10. The summed E-state index contributed by atoms with van der Waals surface area (Å²) in [6, 6.07) is 8.71. The first-order valence-corrected chi connectivity index (χ1v) is 4.46. The van der Waals surface area contributed by atoms with Crippen LogP contribution in [0.4, 0.5) is 0 Å². The molecule has 0 spiro atoms. The third-order valence-corrected chi connectivity index (χ3v) is 1.96. The minimum atomic E-state index is 0.629. The molecule has 0 aliphatic carbocycles. The first-order valence-electron chi connectivity index (χ1n) is 4.46. The van der Waals surface area contributed by atoms with E-state index in [1.165, 1.54) is 11.1 Å². The predicted molar refractivity (Wildman–Crippen MR) is 55.2 cm³/mol. The van der Waals surface area contributed by atoms with Crippen LogP contribution in [0, 0.1) is 0 Å². The van der Waals surface area contributed by atoms with Crippen LogP contribution in [0.15, 0.2) is 30.3 Å². The van der Waals surface area contributed by atoms with Crippen molar-refractivity contribution in [2.45, 2.75) is 26.7 Å². The molecular formula is C12H16. The number of benzene rings is 1. The lowest BCUT2D eigenvalue weighted by Gasteiger charge is -2.04. The van der Waals surface area contributed by atoms with E-state index < -0.39 is 0 Å². The molecule has 0 bridgehead atoms. The molecule has 0 radical (unpaired) electrons. The van der Waals surface area contributed by atoms with Gasteiger partial charge in [-0.3, -0.25) is 0 Å². The van der Waals surface area contributed by atoms with E-state index in [0.717, 1.165) is 0 Å². The summed E-state index contributed by atoms with van der Waals surface area (Å²) in [5, 5.41) is 0. The lowest BCUT2D eigenvalue weighted by molar-refractivity contribution is 0.866. The Balaban J connectivity index is 2.85. The highest BCUT2D eigenvalue weighted by Crippen LogP contribution is 2.15. The summed E-state index contributed by atoms with van der Waals surface area (Å²) < 4.78 is 0. The summed E-state index contributed by atoms with van der Waals surface area (Å²) in [5.41, 5.74) is 2.69. The third-order valence-electron chi connectivity index (χ3n) is 1.96. The summed E-state index contributed by atoms with van der Waals surface area (Å²) in [6.07, 6.45) is 4.18. The maximum absolute atomic E-state index is 2.21. The summed E-state index contributed by atoms with van der Waals surface area (Å²) in [5.74, 6) is 0.629. The quantitative estimate of drug-likeness (QED) is 0.616. The normalized spacial score (nSPS) is 11.3. The SMILES string of the molecule is CC=Cc1ccc(C(C)C)cc1. The summed E-state index contributed by atoms with van der Waals surface area (Å²) >= 11 is 0. The van der Waals surface area contributed by atoms with Crippen molar-refractivity contribution >= 4 is 6.08 Å². The first kappa shape index (κ1) is 9.05. The molecule has 0 atom stereocenters. The molecule has 12 heavy (non-hydrogen) atoms. The highest BCUT2D eigenvalue weighted by atomic mass is 14.0. The molecule has 0 fully saturated rings. The maximum Gasteiger partial charge on any atom is -0.0219 e. The summed E-state index contributed by atoms with van der Waals surface area (Å²) in [7, 11) is 0. The van der Waals surface area contributed by atoms with Crippen molar-refractivity contribution in [1.82, 2.24) is 0 Å². The Labute approximate surface area is 74.9 Å². The van der Waals surface area contributed by atoms with Crippen LogP contribution in [0.1, 0.15) is 37.8 Å². The number of allylic oxidation sites excluding steroid dienone is 1. The molecule has 0 aliphatic heterocycles. The van der Waals surface area contributed by atoms with E-state index in [-0.39, 0.29) is 0 Å². The van der Waals surface area contributed by atoms with Gasteiger partial charge in [-0.05, 0) is 24.0 Å². The van der Waals surface area contributed by atoms with Crippen molar-refractivity contribution in [3.05, 3.63) is 41.5 Å². The van der Waals surface area contributed by atoms with Gasteiger partial charge in [0.15, 0.2) is 0 Å². The van der Waals surface area contributed by atoms with Gasteiger partial charge in [0.25, 0.3) is 0 Å². The van der Waals surface area contributed by atoms with Gasteiger partial charge < -0.3 is 0 Å². The average Bonchev–Trinajstić information content (AvgIpc) is 2.06. The molecule has 0 heteroatoms. The lowest BCUT2D eigenvalue weighted by Crippen LogP contribution is -1.85. The minimum absolute atomic E-state index is 0.629. The summed E-state index contributed by atoms with van der Waals surface area (Å²) in [6.45, 7) is 6.46. The van der Waals surface area contributed by atoms with Crippen LogP contribution >= 0.6 is 0 Å². The van der Waals surface area contributed by atoms with Gasteiger partial charge in [0.1, 0.15) is 0 Å². The Morgan fingerprint density at radius 1 is 1.08 bits per heavy atom. The van der Waals surface area contributed by atoms with Crippen LogP contribution in [0.3, 0.4) is 0 Å². The van der Waals surface area contributed by atoms with Crippen LogP contribution in [0.5, 0.6) is 0 Å². The van der Waals surface area contributed by atoms with E-state index >= 15 is 0 Å². The Hall–Kier alpha value is -1.04. The van der Waals surface area contributed by atoms with E-state index in [0.29, 0.717) is 5.92 Å². The van der Waals surface area contributed by atoms with Gasteiger partial charge in [0.05, 0.1) is 0 Å². The van der Waals surface area contributed by atoms with Crippen LogP contribution in [-0.2, 0) is 0 Å². The zero-order chi connectivity index (χ0) is 8.97. The smallest absolute Gasteiger partial charge is 0.0219 e. The van der Waals surface area contributed by atoms with Gasteiger partial charge in [-0.25, -0.2) is 0 Å². The van der Waals surface area contributed by atoms with Crippen LogP contribution in [-0.4, -0.2) is 0 Å². The van der Waals surface area contributed by atoms with E-state index in [1.54, 1.807) is 0 Å². The average molecular weight is 160 g/mol. The molecular weight excluding hydrogens is 144 g/mol. The standard InChI is InChI=1S/C12H16/c1-4-5-11-6-8-12(9-7-11)10(2)3/h4-10H,1-3H3. The van der Waals surface area contributed by atoms with E-state index in [2.05, 4.69) is 50.3 Å². The molecule has 64 valence electrons. The van der Waals surface area contributed by atoms with E-state index in [9.17, 15) is 0 Å². The van der Waals surface area contributed by atoms with Crippen molar-refractivity contribution in [2.75, 3.05) is 0 Å². The predicted octanol–water partition coefficient (Wildman–Crippen LogP) is 3.84. The van der Waals surface area contributed by atoms with Gasteiger partial charge in [-0.15, -0.1) is 0 Å². The highest BCUT2D eigenvalue weighted by molar-refractivity contribution is 5.49. The third kappa shape index (κ3) is 2.23. The zero-order valence-electron chi connectivity index (χ0n) is 8.04. The highest BCUT2D eigenvalue weighted by Gasteiger charge is 1.96. The van der Waals surface area contributed by atoms with Crippen molar-refractivity contribution in [2.24, 2.45) is 0 Å². The largest absolute Gasteiger partial charge is 0.0871 e. The second-order valence-corrected chi connectivity index (χ2v) is 3.32. The molecule has 0 unspecified atom stereocenters. The molecule has 0 aliphatic rings. The molecule has 0 heterocycles. The molecule has 1 aromatic carbocycles. The second-order valence-electron chi connectivity index (χ2n) is 3.32. The molecule has 0 aromatic heterocycles. The Bertz CT molecular complexity index is 252. The van der Waals surface area contributed by atoms with Crippen LogP contribution in [0.25, 0.3) is 6.08 Å². The number of rotatable bonds is 2. The van der Waals surface area contributed by atoms with Gasteiger partial charge >= 0.3 is 0 Å². The molecule has 0 saturated heterocycles. The van der Waals surface area contributed by atoms with Gasteiger partial charge in [-0.1, -0.05) is 50.3 Å².